The molecule has 1 nitrogen and oxygen atoms in total. The molecule has 27 heavy (non-hydrogen) atoms. The topological polar surface area (TPSA) is 3.01 Å². The van der Waals surface area contributed by atoms with E-state index in [9.17, 15) is 0 Å². The molecule has 2 aromatic carbocycles. The van der Waals surface area contributed by atoms with Gasteiger partial charge in [-0.05, 0) is 0 Å². The molecule has 0 radical (unpaired) electrons. The molecule has 1 heterocycles. The third-order valence-corrected chi connectivity index (χ3v) is 8.51. The Morgan fingerprint density at radius 3 is 2.26 bits per heavy atom. The first-order valence-corrected chi connectivity index (χ1v) is 12.2. The maximum atomic E-state index is 2.74. The Morgan fingerprint density at radius 2 is 1.56 bits per heavy atom. The average molecular weight is 491 g/mol. The summed E-state index contributed by atoms with van der Waals surface area (Å²) in [5.74, 6) is 0. The van der Waals surface area contributed by atoms with Crippen molar-refractivity contribution in [3.8, 4) is 0 Å². The molecule has 144 valence electrons. The van der Waals surface area contributed by atoms with E-state index in [1.165, 1.54) is 62.4 Å². The number of rotatable bonds is 6. The minimum atomic E-state index is 0. The van der Waals surface area contributed by atoms with Crippen molar-refractivity contribution in [2.24, 2.45) is 5.41 Å². The summed E-state index contributed by atoms with van der Waals surface area (Å²) in [4.78, 5) is 0. The fraction of sp³-hybridized carbons (Fsp3) is 0.458. The molecule has 2 aliphatic rings. The van der Waals surface area contributed by atoms with E-state index in [1.54, 1.807) is 4.46 Å². The van der Waals surface area contributed by atoms with Gasteiger partial charge in [-0.2, -0.15) is 0 Å². The fourth-order valence-corrected chi connectivity index (χ4v) is 6.89. The Kier molecular flexibility index (Phi) is 7.75. The van der Waals surface area contributed by atoms with Crippen LogP contribution in [0.2, 0.25) is 5.32 Å². The molecule has 0 amide bonds. The first-order chi connectivity index (χ1) is 12.8. The molecule has 0 saturated heterocycles. The number of halogens is 1. The van der Waals surface area contributed by atoms with E-state index in [0.29, 0.717) is 20.4 Å². The third kappa shape index (κ3) is 5.56. The van der Waals surface area contributed by atoms with Crippen molar-refractivity contribution in [1.29, 1.82) is 0 Å². The Bertz CT molecular complexity index is 723. The van der Waals surface area contributed by atoms with Gasteiger partial charge in [0.2, 0.25) is 0 Å². The minimum absolute atomic E-state index is 0. The zero-order valence-electron chi connectivity index (χ0n) is 16.0. The van der Waals surface area contributed by atoms with Crippen molar-refractivity contribution in [2.45, 2.75) is 56.3 Å². The monoisotopic (exact) mass is 491 g/mol. The van der Waals surface area contributed by atoms with Gasteiger partial charge in [0.05, 0.1) is 0 Å². The fourth-order valence-electron chi connectivity index (χ4n) is 4.70. The SMILES string of the molecule is C1=[N+](CCc2ccccc2)C(C[Se]c2ccccc2)CC12CCCCC2.[Br-]. The van der Waals surface area contributed by atoms with Gasteiger partial charge < -0.3 is 17.0 Å². The molecule has 1 atom stereocenters. The van der Waals surface area contributed by atoms with Crippen LogP contribution in [0, 0.1) is 5.41 Å². The molecule has 1 saturated carbocycles. The molecule has 0 aromatic heterocycles. The smallest absolute Gasteiger partial charge is 1.00 e. The predicted molar refractivity (Wildman–Crippen MR) is 112 cm³/mol. The van der Waals surface area contributed by atoms with Crippen LogP contribution in [-0.2, 0) is 6.42 Å². The average Bonchev–Trinajstić information content (AvgIpc) is 3.04. The normalized spacial score (nSPS) is 20.9. The molecule has 1 unspecified atom stereocenters. The predicted octanol–water partition coefficient (Wildman–Crippen LogP) is 1.49. The molecule has 1 aliphatic carbocycles. The molecule has 1 spiro atoms. The van der Waals surface area contributed by atoms with Gasteiger partial charge in [-0.3, -0.25) is 0 Å². The summed E-state index contributed by atoms with van der Waals surface area (Å²) >= 11 is 0.588. The Labute approximate surface area is 181 Å². The van der Waals surface area contributed by atoms with Gasteiger partial charge in [0, 0.05) is 0 Å². The molecule has 0 N–H and O–H groups in total. The van der Waals surface area contributed by atoms with E-state index in [4.69, 9.17) is 0 Å². The minimum Gasteiger partial charge on any atom is -1.00 e. The van der Waals surface area contributed by atoms with Crippen LogP contribution in [0.25, 0.3) is 0 Å². The molecule has 4 rings (SSSR count). The first-order valence-electron chi connectivity index (χ1n) is 10.2. The molecule has 1 aliphatic heterocycles. The van der Waals surface area contributed by atoms with Gasteiger partial charge in [0.25, 0.3) is 0 Å². The first kappa shape index (κ1) is 20.8. The second kappa shape index (κ2) is 10.0. The number of nitrogens with zero attached hydrogens (tertiary/aromatic N) is 1. The molecular weight excluding hydrogens is 461 g/mol. The summed E-state index contributed by atoms with van der Waals surface area (Å²) in [5, 5.41) is 1.35. The van der Waals surface area contributed by atoms with Crippen LogP contribution in [0.1, 0.15) is 44.1 Å². The zero-order valence-corrected chi connectivity index (χ0v) is 19.3. The number of hydrogen-bond acceptors (Lipinski definition) is 0. The van der Waals surface area contributed by atoms with E-state index in [1.807, 2.05) is 0 Å². The van der Waals surface area contributed by atoms with Gasteiger partial charge in [-0.25, -0.2) is 0 Å². The van der Waals surface area contributed by atoms with E-state index >= 15 is 0 Å². The van der Waals surface area contributed by atoms with Crippen LogP contribution in [0.15, 0.2) is 60.7 Å². The van der Waals surface area contributed by atoms with Crippen LogP contribution in [0.3, 0.4) is 0 Å². The van der Waals surface area contributed by atoms with E-state index in [0.717, 1.165) is 6.04 Å². The molecular formula is C24H30BrNSe. The van der Waals surface area contributed by atoms with Crippen molar-refractivity contribution in [1.82, 2.24) is 0 Å². The quantitative estimate of drug-likeness (QED) is 0.426. The second-order valence-corrected chi connectivity index (χ2v) is 10.3. The van der Waals surface area contributed by atoms with E-state index in [-0.39, 0.29) is 17.0 Å². The van der Waals surface area contributed by atoms with Gasteiger partial charge >= 0.3 is 165 Å². The van der Waals surface area contributed by atoms with Crippen molar-refractivity contribution in [3.63, 3.8) is 0 Å². The molecule has 1 fully saturated rings. The zero-order chi connectivity index (χ0) is 17.7. The van der Waals surface area contributed by atoms with Crippen molar-refractivity contribution < 1.29 is 21.6 Å². The molecule has 0 bridgehead atoms. The van der Waals surface area contributed by atoms with Gasteiger partial charge in [0.1, 0.15) is 0 Å². The maximum absolute atomic E-state index is 2.74. The van der Waals surface area contributed by atoms with Crippen LogP contribution in [-0.4, -0.2) is 38.3 Å². The number of benzene rings is 2. The number of hydrogen-bond donors (Lipinski definition) is 0. The summed E-state index contributed by atoms with van der Waals surface area (Å²) in [6.07, 6.45) is 12.4. The Morgan fingerprint density at radius 1 is 0.889 bits per heavy atom. The van der Waals surface area contributed by atoms with Crippen LogP contribution >= 0.6 is 0 Å². The standard InChI is InChI=1S/C24H30NSe.BrH/c1-4-10-21(11-5-1)14-17-25-20-24(15-8-3-9-16-24)18-22(25)19-26-23-12-6-2-7-13-23;/h1-2,4-7,10-13,20,22H,3,8-9,14-19H2;1H/q+1;/p-1. The Hall–Kier alpha value is -0.891. The van der Waals surface area contributed by atoms with Crippen LogP contribution in [0.5, 0.6) is 0 Å². The second-order valence-electron chi connectivity index (χ2n) is 8.01. The van der Waals surface area contributed by atoms with E-state index in [2.05, 4.69) is 71.5 Å². The maximum Gasteiger partial charge on any atom is -1.00 e. The van der Waals surface area contributed by atoms with Gasteiger partial charge in [-0.1, -0.05) is 0 Å². The van der Waals surface area contributed by atoms with Gasteiger partial charge in [-0.15, -0.1) is 0 Å². The summed E-state index contributed by atoms with van der Waals surface area (Å²) < 4.78 is 4.29. The van der Waals surface area contributed by atoms with Crippen molar-refractivity contribution >= 4 is 25.6 Å². The van der Waals surface area contributed by atoms with Crippen LogP contribution in [0.4, 0.5) is 0 Å². The molecule has 3 heteroatoms. The van der Waals surface area contributed by atoms with E-state index < -0.39 is 0 Å². The third-order valence-electron chi connectivity index (χ3n) is 6.09. The van der Waals surface area contributed by atoms with Crippen molar-refractivity contribution in [3.05, 3.63) is 66.2 Å². The molecule has 2 aromatic rings. The summed E-state index contributed by atoms with van der Waals surface area (Å²) in [6, 6.07) is 22.9. The summed E-state index contributed by atoms with van der Waals surface area (Å²) in [6.45, 7) is 1.18. The van der Waals surface area contributed by atoms with Crippen molar-refractivity contribution in [2.75, 3.05) is 6.54 Å². The summed E-state index contributed by atoms with van der Waals surface area (Å²) in [5.41, 5.74) is 1.99. The Balaban J connectivity index is 0.00000210. The van der Waals surface area contributed by atoms with Crippen LogP contribution < -0.4 is 21.4 Å². The van der Waals surface area contributed by atoms with Gasteiger partial charge in [0.15, 0.2) is 0 Å². The largest absolute Gasteiger partial charge is 1.00 e. The summed E-state index contributed by atoms with van der Waals surface area (Å²) in [7, 11) is 0.